The van der Waals surface area contributed by atoms with Crippen LogP contribution in [0.5, 0.6) is 0 Å². The molecular weight excluding hydrogens is 707 g/mol. The molecule has 0 aliphatic heterocycles. The van der Waals surface area contributed by atoms with Gasteiger partial charge in [-0.1, -0.05) is 146 Å². The highest BCUT2D eigenvalue weighted by Crippen LogP contribution is 2.40. The van der Waals surface area contributed by atoms with Gasteiger partial charge in [0.25, 0.3) is 0 Å². The molecule has 0 radical (unpaired) electrons. The number of benzene rings is 9. The number of nitrogens with zero attached hydrogens (tertiary/aromatic N) is 5. The van der Waals surface area contributed by atoms with Gasteiger partial charge < -0.3 is 9.13 Å². The summed E-state index contributed by atoms with van der Waals surface area (Å²) in [4.78, 5) is 15.7. The molecule has 0 saturated carbocycles. The normalized spacial score (nSPS) is 11.8. The number of hydrogen-bond acceptors (Lipinski definition) is 3. The van der Waals surface area contributed by atoms with Crippen molar-refractivity contribution >= 4 is 65.2 Å². The van der Waals surface area contributed by atoms with Crippen LogP contribution in [0.2, 0.25) is 0 Å². The molecule has 5 nitrogen and oxygen atoms in total. The summed E-state index contributed by atoms with van der Waals surface area (Å²) in [6.45, 7) is 0. The van der Waals surface area contributed by atoms with E-state index in [2.05, 4.69) is 191 Å². The van der Waals surface area contributed by atoms with Gasteiger partial charge in [0.05, 0.1) is 27.8 Å². The first-order chi connectivity index (χ1) is 28.8. The fraction of sp³-hybridized carbons (Fsp3) is 0. The molecule has 9 aromatic carbocycles. The van der Waals surface area contributed by atoms with Crippen LogP contribution in [0.15, 0.2) is 200 Å². The topological polar surface area (TPSA) is 48.5 Å². The molecule has 12 rings (SSSR count). The maximum atomic E-state index is 5.32. The Labute approximate surface area is 333 Å². The molecule has 270 valence electrons. The van der Waals surface area contributed by atoms with Crippen LogP contribution in [0.4, 0.5) is 0 Å². The van der Waals surface area contributed by atoms with Gasteiger partial charge in [0.2, 0.25) is 0 Å². The first-order valence-corrected chi connectivity index (χ1v) is 19.6. The van der Waals surface area contributed by atoms with Crippen LogP contribution in [-0.2, 0) is 0 Å². The first-order valence-electron chi connectivity index (χ1n) is 19.6. The minimum atomic E-state index is 0.619. The lowest BCUT2D eigenvalue weighted by Gasteiger charge is -2.15. The second-order valence-corrected chi connectivity index (χ2v) is 14.8. The Hall–Kier alpha value is -7.89. The van der Waals surface area contributed by atoms with Crippen molar-refractivity contribution in [3.05, 3.63) is 200 Å². The van der Waals surface area contributed by atoms with Crippen molar-refractivity contribution in [1.82, 2.24) is 24.1 Å². The molecule has 0 unspecified atom stereocenters. The molecule has 0 amide bonds. The number of fused-ring (bicyclic) bond motifs is 9. The van der Waals surface area contributed by atoms with Gasteiger partial charge in [-0.15, -0.1) is 0 Å². The van der Waals surface area contributed by atoms with Crippen LogP contribution in [0, 0.1) is 0 Å². The van der Waals surface area contributed by atoms with Crippen LogP contribution >= 0.6 is 0 Å². The molecule has 3 heterocycles. The third kappa shape index (κ3) is 5.00. The average molecular weight is 740 g/mol. The standard InChI is InChI=1S/C53H33N5/c1-3-16-35(17-4-1)51-54-52(37-28-30-48-45(32-37)43-24-12-13-25-46(43)57(48)39-19-5-2-6-20-39)56-53(55-51)38-31-36-18-8-9-21-40(36)49(33-38)58-47-26-14-11-23-42(47)44-29-27-34-15-7-10-22-41(34)50(44)58/h1-33H. The Morgan fingerprint density at radius 2 is 0.845 bits per heavy atom. The summed E-state index contributed by atoms with van der Waals surface area (Å²) in [5.41, 5.74) is 9.61. The maximum absolute atomic E-state index is 5.32. The quantitative estimate of drug-likeness (QED) is 0.177. The van der Waals surface area contributed by atoms with Crippen LogP contribution < -0.4 is 0 Å². The summed E-state index contributed by atoms with van der Waals surface area (Å²) in [7, 11) is 0. The number of para-hydroxylation sites is 3. The van der Waals surface area contributed by atoms with E-state index in [1.165, 1.54) is 32.4 Å². The minimum absolute atomic E-state index is 0.619. The van der Waals surface area contributed by atoms with Crippen molar-refractivity contribution in [2.24, 2.45) is 0 Å². The van der Waals surface area contributed by atoms with Crippen molar-refractivity contribution in [2.75, 3.05) is 0 Å². The minimum Gasteiger partial charge on any atom is -0.309 e. The number of rotatable bonds is 5. The van der Waals surface area contributed by atoms with Crippen LogP contribution in [-0.4, -0.2) is 24.1 Å². The van der Waals surface area contributed by atoms with Crippen molar-refractivity contribution in [3.63, 3.8) is 0 Å². The zero-order valence-corrected chi connectivity index (χ0v) is 31.3. The van der Waals surface area contributed by atoms with E-state index in [4.69, 9.17) is 15.0 Å². The van der Waals surface area contributed by atoms with Crippen molar-refractivity contribution < 1.29 is 0 Å². The van der Waals surface area contributed by atoms with Gasteiger partial charge in [0.1, 0.15) is 0 Å². The number of aromatic nitrogens is 5. The summed E-state index contributed by atoms with van der Waals surface area (Å²) < 4.78 is 4.77. The van der Waals surface area contributed by atoms with Gasteiger partial charge in [-0.25, -0.2) is 15.0 Å². The summed E-state index contributed by atoms with van der Waals surface area (Å²) in [6.07, 6.45) is 0. The smallest absolute Gasteiger partial charge is 0.164 e. The molecule has 5 heteroatoms. The molecule has 0 aliphatic carbocycles. The average Bonchev–Trinajstić information content (AvgIpc) is 3.82. The van der Waals surface area contributed by atoms with Crippen molar-refractivity contribution in [2.45, 2.75) is 0 Å². The summed E-state index contributed by atoms with van der Waals surface area (Å²) in [6, 6.07) is 70.9. The molecule has 0 fully saturated rings. The summed E-state index contributed by atoms with van der Waals surface area (Å²) in [5.74, 6) is 1.87. The number of hydrogen-bond donors (Lipinski definition) is 0. The Bertz CT molecular complexity index is 3560. The van der Waals surface area contributed by atoms with E-state index >= 15 is 0 Å². The molecule has 0 spiro atoms. The van der Waals surface area contributed by atoms with E-state index in [0.29, 0.717) is 17.5 Å². The molecular formula is C53H33N5. The lowest BCUT2D eigenvalue weighted by atomic mass is 10.0. The molecule has 3 aromatic heterocycles. The van der Waals surface area contributed by atoms with Crippen LogP contribution in [0.25, 0.3) is 111 Å². The van der Waals surface area contributed by atoms with E-state index < -0.39 is 0 Å². The van der Waals surface area contributed by atoms with E-state index in [9.17, 15) is 0 Å². The maximum Gasteiger partial charge on any atom is 0.164 e. The lowest BCUT2D eigenvalue weighted by Crippen LogP contribution is -2.02. The van der Waals surface area contributed by atoms with E-state index in [0.717, 1.165) is 60.8 Å². The second kappa shape index (κ2) is 12.8. The van der Waals surface area contributed by atoms with E-state index in [-0.39, 0.29) is 0 Å². The Balaban J connectivity index is 1.12. The van der Waals surface area contributed by atoms with E-state index in [1.807, 2.05) is 18.2 Å². The fourth-order valence-electron chi connectivity index (χ4n) is 8.90. The molecule has 0 aliphatic rings. The predicted molar refractivity (Wildman–Crippen MR) is 240 cm³/mol. The molecule has 12 aromatic rings. The van der Waals surface area contributed by atoms with Gasteiger partial charge in [0.15, 0.2) is 17.5 Å². The SMILES string of the molecule is c1ccc(-c2nc(-c3cc(-n4c5ccccc5c5ccc6ccccc6c54)c4ccccc4c3)nc(-c3ccc4c(c3)c3ccccc3n4-c3ccccc3)n2)cc1. The lowest BCUT2D eigenvalue weighted by molar-refractivity contribution is 1.07. The third-order valence-corrected chi connectivity index (χ3v) is 11.5. The summed E-state index contributed by atoms with van der Waals surface area (Å²) in [5, 5.41) is 9.45. The largest absolute Gasteiger partial charge is 0.309 e. The fourth-order valence-corrected chi connectivity index (χ4v) is 8.90. The highest BCUT2D eigenvalue weighted by Gasteiger charge is 2.20. The highest BCUT2D eigenvalue weighted by molar-refractivity contribution is 6.19. The van der Waals surface area contributed by atoms with Gasteiger partial charge in [-0.3, -0.25) is 0 Å². The van der Waals surface area contributed by atoms with Crippen LogP contribution in [0.1, 0.15) is 0 Å². The Morgan fingerprint density at radius 3 is 1.60 bits per heavy atom. The Morgan fingerprint density at radius 1 is 0.293 bits per heavy atom. The molecule has 58 heavy (non-hydrogen) atoms. The zero-order valence-electron chi connectivity index (χ0n) is 31.3. The molecule has 0 saturated heterocycles. The van der Waals surface area contributed by atoms with E-state index in [1.54, 1.807) is 0 Å². The van der Waals surface area contributed by atoms with Crippen molar-refractivity contribution in [1.29, 1.82) is 0 Å². The molecule has 0 N–H and O–H groups in total. The first kappa shape index (κ1) is 32.4. The van der Waals surface area contributed by atoms with Crippen LogP contribution in [0.3, 0.4) is 0 Å². The third-order valence-electron chi connectivity index (χ3n) is 11.5. The van der Waals surface area contributed by atoms with Gasteiger partial charge in [-0.05, 0) is 65.4 Å². The second-order valence-electron chi connectivity index (χ2n) is 14.8. The predicted octanol–water partition coefficient (Wildman–Crippen LogP) is 13.4. The van der Waals surface area contributed by atoms with Gasteiger partial charge >= 0.3 is 0 Å². The molecule has 0 bridgehead atoms. The van der Waals surface area contributed by atoms with Crippen molar-refractivity contribution in [3.8, 4) is 45.5 Å². The Kier molecular flexibility index (Phi) is 7.16. The van der Waals surface area contributed by atoms with Gasteiger partial charge in [0, 0.05) is 54.7 Å². The monoisotopic (exact) mass is 739 g/mol. The summed E-state index contributed by atoms with van der Waals surface area (Å²) >= 11 is 0. The highest BCUT2D eigenvalue weighted by atomic mass is 15.0. The zero-order chi connectivity index (χ0) is 38.2. The molecule has 0 atom stereocenters. The van der Waals surface area contributed by atoms with Gasteiger partial charge in [-0.2, -0.15) is 0 Å².